The minimum absolute atomic E-state index is 0.142. The molecule has 1 unspecified atom stereocenters. The fraction of sp³-hybridized carbons (Fsp3) is 0.310. The van der Waals surface area contributed by atoms with Crippen LogP contribution in [0.25, 0.3) is 11.1 Å². The van der Waals surface area contributed by atoms with Crippen LogP contribution in [0.15, 0.2) is 76.9 Å². The van der Waals surface area contributed by atoms with Gasteiger partial charge >= 0.3 is 0 Å². The molecule has 0 spiro atoms. The van der Waals surface area contributed by atoms with E-state index >= 15 is 0 Å². The molecule has 2 heterocycles. The van der Waals surface area contributed by atoms with E-state index in [1.54, 1.807) is 87.1 Å². The van der Waals surface area contributed by atoms with Gasteiger partial charge in [-0.15, -0.1) is 0 Å². The standard InChI is InChI=1S/C29H31N5O4S2/c1-5-39-19-29(16-24(33-38-29)21-10-8-9-20(15-21)17-30)27(35)32-26-14-13-22(18-31-26)23-11-6-7-12-25(23)40(36,37)34-28(2,3)4/h6-15,18,34H,5,16,19H2,1-4H3,(H,31,32,35). The summed E-state index contributed by atoms with van der Waals surface area (Å²) < 4.78 is 28.8. The van der Waals surface area contributed by atoms with Crippen molar-refractivity contribution in [2.75, 3.05) is 16.8 Å². The van der Waals surface area contributed by atoms with Gasteiger partial charge < -0.3 is 10.2 Å². The number of hydrogen-bond acceptors (Lipinski definition) is 8. The van der Waals surface area contributed by atoms with Crippen molar-refractivity contribution in [3.63, 3.8) is 0 Å². The number of aromatic nitrogens is 1. The average Bonchev–Trinajstić information content (AvgIpc) is 3.37. The summed E-state index contributed by atoms with van der Waals surface area (Å²) in [6, 6.07) is 19.2. The molecule has 0 fully saturated rings. The molecule has 3 aromatic rings. The van der Waals surface area contributed by atoms with Gasteiger partial charge in [-0.3, -0.25) is 4.79 Å². The highest BCUT2D eigenvalue weighted by molar-refractivity contribution is 7.99. The SMILES string of the molecule is CCSCC1(C(=O)Nc2ccc(-c3ccccc3S(=O)(=O)NC(C)(C)C)cn2)CC(c2cccc(C#N)c2)=NO1. The number of thioether (sulfide) groups is 1. The lowest BCUT2D eigenvalue weighted by atomic mass is 9.94. The van der Waals surface area contributed by atoms with Crippen molar-refractivity contribution in [1.82, 2.24) is 9.71 Å². The van der Waals surface area contributed by atoms with Crippen molar-refractivity contribution in [1.29, 1.82) is 5.26 Å². The van der Waals surface area contributed by atoms with Gasteiger partial charge in [-0.05, 0) is 56.9 Å². The number of rotatable bonds is 9. The Labute approximate surface area is 239 Å². The number of nitrogens with one attached hydrogen (secondary N) is 2. The van der Waals surface area contributed by atoms with E-state index in [1.807, 2.05) is 13.0 Å². The summed E-state index contributed by atoms with van der Waals surface area (Å²) in [6.07, 6.45) is 1.77. The van der Waals surface area contributed by atoms with E-state index in [2.05, 4.69) is 26.2 Å². The van der Waals surface area contributed by atoms with Crippen LogP contribution in [0.4, 0.5) is 5.82 Å². The first-order valence-electron chi connectivity index (χ1n) is 12.7. The molecular weight excluding hydrogens is 546 g/mol. The van der Waals surface area contributed by atoms with Crippen molar-refractivity contribution >= 4 is 39.2 Å². The molecule has 11 heteroatoms. The van der Waals surface area contributed by atoms with E-state index in [0.29, 0.717) is 34.0 Å². The van der Waals surface area contributed by atoms with Crippen molar-refractivity contribution < 1.29 is 18.0 Å². The largest absolute Gasteiger partial charge is 0.378 e. The van der Waals surface area contributed by atoms with E-state index in [9.17, 15) is 18.5 Å². The molecule has 9 nitrogen and oxygen atoms in total. The van der Waals surface area contributed by atoms with E-state index in [0.717, 1.165) is 11.3 Å². The first kappa shape index (κ1) is 29.3. The van der Waals surface area contributed by atoms with E-state index in [-0.39, 0.29) is 17.2 Å². The van der Waals surface area contributed by atoms with Crippen molar-refractivity contribution in [3.05, 3.63) is 78.0 Å². The number of benzene rings is 2. The maximum absolute atomic E-state index is 13.5. The van der Waals surface area contributed by atoms with Crippen molar-refractivity contribution in [2.45, 2.75) is 50.2 Å². The monoisotopic (exact) mass is 577 g/mol. The third kappa shape index (κ3) is 6.70. The van der Waals surface area contributed by atoms with Gasteiger partial charge in [0.15, 0.2) is 0 Å². The van der Waals surface area contributed by atoms with Gasteiger partial charge in [0.25, 0.3) is 5.91 Å². The first-order valence-corrected chi connectivity index (χ1v) is 15.3. The van der Waals surface area contributed by atoms with Crippen molar-refractivity contribution in [3.8, 4) is 17.2 Å². The second-order valence-corrected chi connectivity index (χ2v) is 13.3. The Morgan fingerprint density at radius 2 is 1.90 bits per heavy atom. The summed E-state index contributed by atoms with van der Waals surface area (Å²) in [7, 11) is -3.78. The van der Waals surface area contributed by atoms with Gasteiger partial charge in [-0.2, -0.15) is 17.0 Å². The van der Waals surface area contributed by atoms with E-state index in [1.165, 1.54) is 6.20 Å². The maximum atomic E-state index is 13.5. The molecular formula is C29H31N5O4S2. The van der Waals surface area contributed by atoms with E-state index in [4.69, 9.17) is 4.84 Å². The molecule has 1 aromatic heterocycles. The van der Waals surface area contributed by atoms with E-state index < -0.39 is 21.2 Å². The molecule has 40 heavy (non-hydrogen) atoms. The quantitative estimate of drug-likeness (QED) is 0.367. The number of sulfonamides is 1. The van der Waals surface area contributed by atoms with Crippen LogP contribution in [0.5, 0.6) is 0 Å². The Morgan fingerprint density at radius 3 is 2.58 bits per heavy atom. The Balaban J connectivity index is 1.55. The number of nitrogens with zero attached hydrogens (tertiary/aromatic N) is 3. The predicted molar refractivity (Wildman–Crippen MR) is 158 cm³/mol. The highest BCUT2D eigenvalue weighted by Crippen LogP contribution is 2.33. The first-order chi connectivity index (χ1) is 19.0. The van der Waals surface area contributed by atoms with Crippen LogP contribution < -0.4 is 10.0 Å². The topological polar surface area (TPSA) is 134 Å². The predicted octanol–water partition coefficient (Wildman–Crippen LogP) is 4.95. The summed E-state index contributed by atoms with van der Waals surface area (Å²) in [4.78, 5) is 23.8. The highest BCUT2D eigenvalue weighted by atomic mass is 32.2. The number of hydrogen-bond donors (Lipinski definition) is 2. The summed E-state index contributed by atoms with van der Waals surface area (Å²) in [5, 5.41) is 16.3. The molecule has 0 saturated heterocycles. The third-order valence-corrected chi connectivity index (χ3v) is 8.89. The summed E-state index contributed by atoms with van der Waals surface area (Å²) >= 11 is 1.56. The van der Waals surface area contributed by atoms with Gasteiger partial charge in [0.2, 0.25) is 15.6 Å². The number of pyridine rings is 1. The summed E-state index contributed by atoms with van der Waals surface area (Å²) in [5.41, 5.74) is 1.02. The lowest BCUT2D eigenvalue weighted by Gasteiger charge is -2.24. The minimum atomic E-state index is -3.78. The fourth-order valence-electron chi connectivity index (χ4n) is 4.19. The summed E-state index contributed by atoms with van der Waals surface area (Å²) in [5.74, 6) is 1.08. The molecule has 2 aromatic carbocycles. The number of amides is 1. The molecule has 4 rings (SSSR count). The highest BCUT2D eigenvalue weighted by Gasteiger charge is 2.47. The fourth-order valence-corrected chi connectivity index (χ4v) is 6.66. The zero-order chi connectivity index (χ0) is 29.0. The molecule has 2 N–H and O–H groups in total. The zero-order valence-electron chi connectivity index (χ0n) is 22.8. The van der Waals surface area contributed by atoms with Crippen LogP contribution in [-0.2, 0) is 19.7 Å². The molecule has 1 aliphatic rings. The Bertz CT molecular complexity index is 1570. The second kappa shape index (κ2) is 11.8. The summed E-state index contributed by atoms with van der Waals surface area (Å²) in [6.45, 7) is 7.34. The molecule has 1 amide bonds. The second-order valence-electron chi connectivity index (χ2n) is 10.4. The van der Waals surface area contributed by atoms with Crippen LogP contribution in [-0.4, -0.2) is 47.7 Å². The number of oxime groups is 1. The van der Waals surface area contributed by atoms with Crippen molar-refractivity contribution in [2.24, 2.45) is 5.16 Å². The number of carbonyl (C=O) groups excluding carboxylic acids is 1. The molecule has 0 bridgehead atoms. The molecule has 0 saturated carbocycles. The Morgan fingerprint density at radius 1 is 1.12 bits per heavy atom. The lowest BCUT2D eigenvalue weighted by Crippen LogP contribution is -2.46. The molecule has 0 radical (unpaired) electrons. The van der Waals surface area contributed by atoms with Crippen LogP contribution in [0.2, 0.25) is 0 Å². The van der Waals surface area contributed by atoms with Crippen LogP contribution in [0.3, 0.4) is 0 Å². The van der Waals surface area contributed by atoms with Crippen LogP contribution >= 0.6 is 11.8 Å². The lowest BCUT2D eigenvalue weighted by molar-refractivity contribution is -0.135. The molecule has 1 aliphatic heterocycles. The zero-order valence-corrected chi connectivity index (χ0v) is 24.4. The minimum Gasteiger partial charge on any atom is -0.378 e. The number of carbonyl (C=O) groups is 1. The number of nitriles is 1. The van der Waals surface area contributed by atoms with Gasteiger partial charge in [0.1, 0.15) is 5.82 Å². The smallest absolute Gasteiger partial charge is 0.273 e. The third-order valence-electron chi connectivity index (χ3n) is 5.99. The molecule has 0 aliphatic carbocycles. The number of anilines is 1. The van der Waals surface area contributed by atoms with Gasteiger partial charge in [0, 0.05) is 40.6 Å². The van der Waals surface area contributed by atoms with Crippen LogP contribution in [0.1, 0.15) is 45.2 Å². The average molecular weight is 578 g/mol. The Hall–Kier alpha value is -3.72. The maximum Gasteiger partial charge on any atom is 0.273 e. The van der Waals surface area contributed by atoms with Crippen LogP contribution in [0, 0.1) is 11.3 Å². The van der Waals surface area contributed by atoms with Gasteiger partial charge in [0.05, 0.1) is 22.2 Å². The molecule has 208 valence electrons. The molecule has 1 atom stereocenters. The Kier molecular flexibility index (Phi) is 8.63. The van der Waals surface area contributed by atoms with Gasteiger partial charge in [-0.25, -0.2) is 18.1 Å². The normalized spacial score (nSPS) is 17.0. The van der Waals surface area contributed by atoms with Gasteiger partial charge in [-0.1, -0.05) is 42.4 Å².